The van der Waals surface area contributed by atoms with Crippen LogP contribution in [0.25, 0.3) is 11.3 Å². The quantitative estimate of drug-likeness (QED) is 0.888. The van der Waals surface area contributed by atoms with Crippen LogP contribution >= 0.6 is 0 Å². The highest BCUT2D eigenvalue weighted by molar-refractivity contribution is 5.75. The molecule has 2 heterocycles. The largest absolute Gasteiger partial charge is 0.335 e. The van der Waals surface area contributed by atoms with E-state index in [1.807, 2.05) is 23.1 Å². The van der Waals surface area contributed by atoms with E-state index in [-0.39, 0.29) is 6.03 Å². The number of aromatic nitrogens is 2. The first kappa shape index (κ1) is 15.2. The fourth-order valence-corrected chi connectivity index (χ4v) is 3.82. The third-order valence-corrected chi connectivity index (χ3v) is 5.20. The Morgan fingerprint density at radius 1 is 1.17 bits per heavy atom. The van der Waals surface area contributed by atoms with E-state index in [0.717, 1.165) is 48.3 Å². The molecule has 2 amide bonds. The Kier molecular flexibility index (Phi) is 4.24. The Bertz CT molecular complexity index is 703. The van der Waals surface area contributed by atoms with Gasteiger partial charge in [-0.25, -0.2) is 4.79 Å². The smallest absolute Gasteiger partial charge is 0.317 e. The van der Waals surface area contributed by atoms with Crippen molar-refractivity contribution in [1.82, 2.24) is 20.4 Å². The molecule has 1 saturated carbocycles. The zero-order valence-electron chi connectivity index (χ0n) is 13.9. The molecule has 1 aliphatic carbocycles. The Hall–Kier alpha value is -2.30. The van der Waals surface area contributed by atoms with Crippen molar-refractivity contribution in [2.45, 2.75) is 51.1 Å². The standard InChI is InChI=1S/C19H24N4O/c24-19(20-15-9-5-2-6-10-15)23-12-11-17-16(13-23)18(22-21-17)14-7-3-1-4-8-14/h1,3-4,7-8,15H,2,5-6,9-13H2,(H,20,24)(H,21,22). The van der Waals surface area contributed by atoms with Gasteiger partial charge in [0.2, 0.25) is 0 Å². The van der Waals surface area contributed by atoms with E-state index in [1.165, 1.54) is 19.3 Å². The predicted molar refractivity (Wildman–Crippen MR) is 93.5 cm³/mol. The summed E-state index contributed by atoms with van der Waals surface area (Å²) in [5.41, 5.74) is 4.40. The molecule has 2 N–H and O–H groups in total. The molecule has 4 rings (SSSR count). The fraction of sp³-hybridized carbons (Fsp3) is 0.474. The number of hydrogen-bond donors (Lipinski definition) is 2. The Labute approximate surface area is 142 Å². The maximum atomic E-state index is 12.6. The summed E-state index contributed by atoms with van der Waals surface area (Å²) in [5.74, 6) is 0. The van der Waals surface area contributed by atoms with Crippen LogP contribution < -0.4 is 5.32 Å². The first-order valence-corrected chi connectivity index (χ1v) is 8.98. The van der Waals surface area contributed by atoms with Crippen molar-refractivity contribution >= 4 is 6.03 Å². The van der Waals surface area contributed by atoms with Gasteiger partial charge in [-0.1, -0.05) is 49.6 Å². The van der Waals surface area contributed by atoms with Gasteiger partial charge in [0.15, 0.2) is 0 Å². The van der Waals surface area contributed by atoms with E-state index in [4.69, 9.17) is 0 Å². The van der Waals surface area contributed by atoms with Crippen molar-refractivity contribution in [3.8, 4) is 11.3 Å². The maximum absolute atomic E-state index is 12.6. The number of benzene rings is 1. The van der Waals surface area contributed by atoms with Crippen molar-refractivity contribution in [3.05, 3.63) is 41.6 Å². The number of carbonyl (C=O) groups excluding carboxylic acids is 1. The third kappa shape index (κ3) is 3.03. The molecular weight excluding hydrogens is 300 g/mol. The van der Waals surface area contributed by atoms with Gasteiger partial charge >= 0.3 is 6.03 Å². The Balaban J connectivity index is 1.49. The van der Waals surface area contributed by atoms with Gasteiger partial charge in [0, 0.05) is 35.8 Å². The first-order valence-electron chi connectivity index (χ1n) is 8.98. The van der Waals surface area contributed by atoms with E-state index >= 15 is 0 Å². The van der Waals surface area contributed by atoms with Crippen LogP contribution in [0.1, 0.15) is 43.4 Å². The summed E-state index contributed by atoms with van der Waals surface area (Å²) in [6.45, 7) is 1.39. The molecular formula is C19H24N4O. The molecule has 0 atom stereocenters. The molecule has 0 saturated heterocycles. The Morgan fingerprint density at radius 2 is 1.96 bits per heavy atom. The number of carbonyl (C=O) groups is 1. The van der Waals surface area contributed by atoms with E-state index in [9.17, 15) is 4.79 Å². The van der Waals surface area contributed by atoms with Crippen LogP contribution in [-0.2, 0) is 13.0 Å². The van der Waals surface area contributed by atoms with Crippen LogP contribution in [0.3, 0.4) is 0 Å². The lowest BCUT2D eigenvalue weighted by molar-refractivity contribution is 0.184. The van der Waals surface area contributed by atoms with E-state index in [2.05, 4.69) is 27.6 Å². The van der Waals surface area contributed by atoms with E-state index in [0.29, 0.717) is 12.6 Å². The molecule has 2 aromatic rings. The number of H-pyrrole nitrogens is 1. The molecule has 1 aromatic heterocycles. The lowest BCUT2D eigenvalue weighted by Crippen LogP contribution is -2.47. The van der Waals surface area contributed by atoms with Crippen LogP contribution in [0.2, 0.25) is 0 Å². The summed E-state index contributed by atoms with van der Waals surface area (Å²) in [5, 5.41) is 10.9. The van der Waals surface area contributed by atoms with Crippen molar-refractivity contribution in [2.24, 2.45) is 0 Å². The maximum Gasteiger partial charge on any atom is 0.317 e. The Morgan fingerprint density at radius 3 is 2.75 bits per heavy atom. The highest BCUT2D eigenvalue weighted by Gasteiger charge is 2.27. The summed E-state index contributed by atoms with van der Waals surface area (Å²) in [6, 6.07) is 10.6. The molecule has 0 spiro atoms. The zero-order valence-corrected chi connectivity index (χ0v) is 13.9. The van der Waals surface area contributed by atoms with E-state index in [1.54, 1.807) is 0 Å². The minimum atomic E-state index is 0.0766. The number of aromatic amines is 1. The van der Waals surface area contributed by atoms with Gasteiger partial charge in [-0.15, -0.1) is 0 Å². The molecule has 126 valence electrons. The summed E-state index contributed by atoms with van der Waals surface area (Å²) >= 11 is 0. The monoisotopic (exact) mass is 324 g/mol. The normalized spacial score (nSPS) is 18.2. The molecule has 0 unspecified atom stereocenters. The number of nitrogens with one attached hydrogen (secondary N) is 2. The number of nitrogens with zero attached hydrogens (tertiary/aromatic N) is 2. The van der Waals surface area contributed by atoms with Crippen LogP contribution in [0, 0.1) is 0 Å². The zero-order chi connectivity index (χ0) is 16.4. The predicted octanol–water partition coefficient (Wildman–Crippen LogP) is 3.48. The summed E-state index contributed by atoms with van der Waals surface area (Å²) < 4.78 is 0. The topological polar surface area (TPSA) is 61.0 Å². The number of urea groups is 1. The number of rotatable bonds is 2. The molecule has 24 heavy (non-hydrogen) atoms. The summed E-state index contributed by atoms with van der Waals surface area (Å²) in [6.07, 6.45) is 6.84. The van der Waals surface area contributed by atoms with Crippen molar-refractivity contribution in [2.75, 3.05) is 6.54 Å². The van der Waals surface area contributed by atoms with E-state index < -0.39 is 0 Å². The van der Waals surface area contributed by atoms with Gasteiger partial charge in [-0.3, -0.25) is 5.10 Å². The van der Waals surface area contributed by atoms with Gasteiger partial charge in [0.25, 0.3) is 0 Å². The van der Waals surface area contributed by atoms with Crippen molar-refractivity contribution < 1.29 is 4.79 Å². The van der Waals surface area contributed by atoms with Crippen molar-refractivity contribution in [3.63, 3.8) is 0 Å². The average Bonchev–Trinajstić information content (AvgIpc) is 3.06. The molecule has 2 aliphatic rings. The highest BCUT2D eigenvalue weighted by Crippen LogP contribution is 2.28. The van der Waals surface area contributed by atoms with Gasteiger partial charge in [-0.05, 0) is 12.8 Å². The van der Waals surface area contributed by atoms with Crippen LogP contribution in [-0.4, -0.2) is 33.7 Å². The SMILES string of the molecule is O=C(NC1CCCCC1)N1CCc2[nH]nc(-c3ccccc3)c2C1. The molecule has 1 fully saturated rings. The highest BCUT2D eigenvalue weighted by atomic mass is 16.2. The van der Waals surface area contributed by atoms with Crippen LogP contribution in [0.4, 0.5) is 4.79 Å². The van der Waals surface area contributed by atoms with Crippen LogP contribution in [0.15, 0.2) is 30.3 Å². The first-order chi connectivity index (χ1) is 11.8. The average molecular weight is 324 g/mol. The minimum absolute atomic E-state index is 0.0766. The fourth-order valence-electron chi connectivity index (χ4n) is 3.82. The van der Waals surface area contributed by atoms with Crippen LogP contribution in [0.5, 0.6) is 0 Å². The molecule has 5 heteroatoms. The molecule has 1 aromatic carbocycles. The number of fused-ring (bicyclic) bond motifs is 1. The minimum Gasteiger partial charge on any atom is -0.335 e. The van der Waals surface area contributed by atoms with Gasteiger partial charge < -0.3 is 10.2 Å². The second kappa shape index (κ2) is 6.67. The van der Waals surface area contributed by atoms with Gasteiger partial charge in [0.1, 0.15) is 0 Å². The number of hydrogen-bond acceptors (Lipinski definition) is 2. The summed E-state index contributed by atoms with van der Waals surface area (Å²) in [7, 11) is 0. The lowest BCUT2D eigenvalue weighted by atomic mass is 9.95. The molecule has 0 bridgehead atoms. The second-order valence-corrected chi connectivity index (χ2v) is 6.85. The number of amides is 2. The molecule has 1 aliphatic heterocycles. The molecule has 5 nitrogen and oxygen atoms in total. The lowest BCUT2D eigenvalue weighted by Gasteiger charge is -2.30. The second-order valence-electron chi connectivity index (χ2n) is 6.85. The van der Waals surface area contributed by atoms with Crippen molar-refractivity contribution in [1.29, 1.82) is 0 Å². The van der Waals surface area contributed by atoms with Gasteiger partial charge in [-0.2, -0.15) is 5.10 Å². The third-order valence-electron chi connectivity index (χ3n) is 5.20. The molecule has 0 radical (unpaired) electrons. The summed E-state index contributed by atoms with van der Waals surface area (Å²) in [4.78, 5) is 14.6. The van der Waals surface area contributed by atoms with Gasteiger partial charge in [0.05, 0.1) is 12.2 Å².